The van der Waals surface area contributed by atoms with Gasteiger partial charge in [0.05, 0.1) is 17.9 Å². The van der Waals surface area contributed by atoms with E-state index in [-0.39, 0.29) is 17.2 Å². The Morgan fingerprint density at radius 1 is 1.12 bits per heavy atom. The lowest BCUT2D eigenvalue weighted by Crippen LogP contribution is -2.48. The summed E-state index contributed by atoms with van der Waals surface area (Å²) < 4.78 is 14.8. The third-order valence-electron chi connectivity index (χ3n) is 5.15. The molecule has 1 aliphatic rings. The fourth-order valence-electron chi connectivity index (χ4n) is 3.62. The van der Waals surface area contributed by atoms with Crippen LogP contribution >= 0.6 is 12.2 Å². The predicted molar refractivity (Wildman–Crippen MR) is 131 cm³/mol. The smallest absolute Gasteiger partial charge is 0.269 e. The Labute approximate surface area is 196 Å². The van der Waals surface area contributed by atoms with Crippen LogP contribution in [0.5, 0.6) is 0 Å². The van der Waals surface area contributed by atoms with Crippen LogP contribution in [0.25, 0.3) is 0 Å². The van der Waals surface area contributed by atoms with E-state index in [1.807, 2.05) is 31.2 Å². The van der Waals surface area contributed by atoms with Crippen molar-refractivity contribution in [2.24, 2.45) is 4.99 Å². The van der Waals surface area contributed by atoms with Crippen LogP contribution in [-0.4, -0.2) is 40.6 Å². The molecule has 3 aromatic rings. The molecule has 1 unspecified atom stereocenters. The molecule has 0 aromatic heterocycles. The number of amides is 1. The Hall–Kier alpha value is -3.91. The van der Waals surface area contributed by atoms with Gasteiger partial charge in [-0.1, -0.05) is 42.5 Å². The zero-order valence-corrected chi connectivity index (χ0v) is 18.6. The van der Waals surface area contributed by atoms with Crippen molar-refractivity contribution in [1.29, 1.82) is 0 Å². The van der Waals surface area contributed by atoms with Crippen LogP contribution < -0.4 is 10.6 Å². The lowest BCUT2D eigenvalue weighted by molar-refractivity contribution is -0.120. The molecule has 1 atom stereocenters. The van der Waals surface area contributed by atoms with Gasteiger partial charge in [0, 0.05) is 16.8 Å². The number of thiocarbonyl (C=S) groups is 1. The van der Waals surface area contributed by atoms with Gasteiger partial charge in [-0.2, -0.15) is 0 Å². The van der Waals surface area contributed by atoms with Gasteiger partial charge in [-0.25, -0.2) is 9.38 Å². The highest BCUT2D eigenvalue weighted by Gasteiger charge is 2.32. The molecule has 0 saturated heterocycles. The van der Waals surface area contributed by atoms with Crippen LogP contribution in [0.15, 0.2) is 77.8 Å². The fraction of sp³-hybridized carbons (Fsp3) is 0.120. The van der Waals surface area contributed by atoms with E-state index in [9.17, 15) is 14.0 Å². The molecular weight excluding hydrogens is 439 g/mol. The molecule has 0 aliphatic carbocycles. The monoisotopic (exact) mass is 460 g/mol. The number of benzodiazepines with no additional fused rings is 1. The van der Waals surface area contributed by atoms with Crippen molar-refractivity contribution in [2.75, 3.05) is 17.2 Å². The highest BCUT2D eigenvalue weighted by Crippen LogP contribution is 2.26. The molecule has 1 amide bonds. The first-order valence-electron chi connectivity index (χ1n) is 10.3. The van der Waals surface area contributed by atoms with Crippen molar-refractivity contribution in [3.8, 4) is 0 Å². The van der Waals surface area contributed by atoms with E-state index in [0.717, 1.165) is 5.56 Å². The Kier molecular flexibility index (Phi) is 6.55. The van der Waals surface area contributed by atoms with Gasteiger partial charge in [0.1, 0.15) is 12.1 Å². The normalized spacial score (nSPS) is 14.9. The SMILES string of the molecule is Cc1cccc(NC(=S)N(CC=O)C2N=C(c3ccccc3F)c3ccccc3NC2=O)c1. The van der Waals surface area contributed by atoms with Crippen molar-refractivity contribution >= 4 is 46.6 Å². The molecule has 4 rings (SSSR count). The van der Waals surface area contributed by atoms with Crippen molar-refractivity contribution in [2.45, 2.75) is 13.1 Å². The summed E-state index contributed by atoms with van der Waals surface area (Å²) in [4.78, 5) is 30.7. The minimum atomic E-state index is -1.19. The summed E-state index contributed by atoms with van der Waals surface area (Å²) in [6.07, 6.45) is -0.546. The topological polar surface area (TPSA) is 73.8 Å². The van der Waals surface area contributed by atoms with E-state index < -0.39 is 17.9 Å². The van der Waals surface area contributed by atoms with Crippen LogP contribution in [0.1, 0.15) is 16.7 Å². The number of fused-ring (bicyclic) bond motifs is 1. The summed E-state index contributed by atoms with van der Waals surface area (Å²) in [5.74, 6) is -0.953. The maximum Gasteiger partial charge on any atom is 0.269 e. The van der Waals surface area contributed by atoms with E-state index in [4.69, 9.17) is 12.2 Å². The predicted octanol–water partition coefficient (Wildman–Crippen LogP) is 4.15. The molecule has 6 nitrogen and oxygen atoms in total. The maximum atomic E-state index is 14.8. The number of aryl methyl sites for hydroxylation is 1. The summed E-state index contributed by atoms with van der Waals surface area (Å²) >= 11 is 5.54. The molecule has 0 saturated carbocycles. The minimum Gasteiger partial charge on any atom is -0.333 e. The second-order valence-electron chi connectivity index (χ2n) is 7.48. The lowest BCUT2D eigenvalue weighted by atomic mass is 10.0. The summed E-state index contributed by atoms with van der Waals surface area (Å²) in [6, 6.07) is 20.8. The van der Waals surface area contributed by atoms with Gasteiger partial charge in [-0.15, -0.1) is 0 Å². The first-order valence-corrected chi connectivity index (χ1v) is 10.7. The second-order valence-corrected chi connectivity index (χ2v) is 7.87. The van der Waals surface area contributed by atoms with Gasteiger partial charge in [0.2, 0.25) is 6.17 Å². The quantitative estimate of drug-likeness (QED) is 0.442. The number of nitrogens with one attached hydrogen (secondary N) is 2. The molecule has 0 radical (unpaired) electrons. The Morgan fingerprint density at radius 2 is 1.85 bits per heavy atom. The van der Waals surface area contributed by atoms with Crippen LogP contribution in [0, 0.1) is 12.7 Å². The van der Waals surface area contributed by atoms with Crippen molar-refractivity contribution in [3.63, 3.8) is 0 Å². The van der Waals surface area contributed by atoms with Crippen molar-refractivity contribution in [1.82, 2.24) is 4.90 Å². The van der Waals surface area contributed by atoms with E-state index in [0.29, 0.717) is 28.9 Å². The van der Waals surface area contributed by atoms with E-state index in [1.165, 1.54) is 11.0 Å². The largest absolute Gasteiger partial charge is 0.333 e. The molecule has 166 valence electrons. The Balaban J connectivity index is 1.79. The third kappa shape index (κ3) is 4.80. The van der Waals surface area contributed by atoms with E-state index >= 15 is 0 Å². The second kappa shape index (κ2) is 9.70. The maximum absolute atomic E-state index is 14.8. The van der Waals surface area contributed by atoms with Gasteiger partial charge in [0.25, 0.3) is 5.91 Å². The first kappa shape index (κ1) is 22.3. The van der Waals surface area contributed by atoms with E-state index in [1.54, 1.807) is 42.5 Å². The molecule has 8 heteroatoms. The van der Waals surface area contributed by atoms with Crippen LogP contribution in [0.2, 0.25) is 0 Å². The number of aldehydes is 1. The number of carbonyl (C=O) groups excluding carboxylic acids is 2. The first-order chi connectivity index (χ1) is 16.0. The van der Waals surface area contributed by atoms with Crippen LogP contribution in [0.3, 0.4) is 0 Å². The number of rotatable bonds is 5. The minimum absolute atomic E-state index is 0.149. The molecule has 2 N–H and O–H groups in total. The number of halogens is 1. The van der Waals surface area contributed by atoms with Crippen LogP contribution in [0.4, 0.5) is 15.8 Å². The molecule has 33 heavy (non-hydrogen) atoms. The Morgan fingerprint density at radius 3 is 2.58 bits per heavy atom. The van der Waals surface area contributed by atoms with E-state index in [2.05, 4.69) is 15.6 Å². The lowest BCUT2D eigenvalue weighted by Gasteiger charge is -2.28. The van der Waals surface area contributed by atoms with Gasteiger partial charge in [-0.3, -0.25) is 4.79 Å². The number of aliphatic imine (C=N–C) groups is 1. The highest BCUT2D eigenvalue weighted by molar-refractivity contribution is 7.80. The average molecular weight is 461 g/mol. The highest BCUT2D eigenvalue weighted by atomic mass is 32.1. The molecule has 3 aromatic carbocycles. The number of hydrogen-bond donors (Lipinski definition) is 2. The molecule has 0 bridgehead atoms. The molecule has 0 spiro atoms. The summed E-state index contributed by atoms with van der Waals surface area (Å²) in [5.41, 5.74) is 3.34. The number of benzene rings is 3. The average Bonchev–Trinajstić information content (AvgIpc) is 2.94. The molecule has 0 fully saturated rings. The van der Waals surface area contributed by atoms with Crippen molar-refractivity contribution < 1.29 is 14.0 Å². The zero-order chi connectivity index (χ0) is 23.4. The number of hydrogen-bond acceptors (Lipinski definition) is 4. The zero-order valence-electron chi connectivity index (χ0n) is 17.8. The standard InChI is InChI=1S/C25H21FN4O2S/c1-16-7-6-8-17(15-16)27-25(33)30(13-14-31)23-24(32)28-21-12-5-3-10-19(21)22(29-23)18-9-2-4-11-20(18)26/h2-12,14-15,23H,13H2,1H3,(H,27,33)(H,28,32). The molecule has 1 aliphatic heterocycles. The number of anilines is 2. The van der Waals surface area contributed by atoms with Crippen LogP contribution in [-0.2, 0) is 9.59 Å². The third-order valence-corrected chi connectivity index (χ3v) is 5.49. The van der Waals surface area contributed by atoms with Gasteiger partial charge in [-0.05, 0) is 55.0 Å². The van der Waals surface area contributed by atoms with Gasteiger partial charge in [0.15, 0.2) is 5.11 Å². The van der Waals surface area contributed by atoms with Gasteiger partial charge >= 0.3 is 0 Å². The summed E-state index contributed by atoms with van der Waals surface area (Å²) in [6.45, 7) is 1.76. The molecule has 1 heterocycles. The molecular formula is C25H21FN4O2S. The van der Waals surface area contributed by atoms with Crippen molar-refractivity contribution in [3.05, 3.63) is 95.3 Å². The number of carbonyl (C=O) groups is 2. The Bertz CT molecular complexity index is 1260. The summed E-state index contributed by atoms with van der Waals surface area (Å²) in [7, 11) is 0. The van der Waals surface area contributed by atoms with Gasteiger partial charge < -0.3 is 20.3 Å². The number of para-hydroxylation sites is 1. The fourth-order valence-corrected chi connectivity index (χ4v) is 3.91. The number of nitrogens with zero attached hydrogens (tertiary/aromatic N) is 2. The summed E-state index contributed by atoms with van der Waals surface area (Å²) in [5, 5.41) is 6.05.